The predicted molar refractivity (Wildman–Crippen MR) is 393 cm³/mol. The van der Waals surface area contributed by atoms with Crippen molar-refractivity contribution >= 4 is 101 Å². The van der Waals surface area contributed by atoms with Crippen molar-refractivity contribution in [2.24, 2.45) is 0 Å². The van der Waals surface area contributed by atoms with E-state index in [-0.39, 0.29) is 65.6 Å². The lowest BCUT2D eigenvalue weighted by molar-refractivity contribution is -0.146. The van der Waals surface area contributed by atoms with Crippen molar-refractivity contribution in [2.75, 3.05) is 13.1 Å². The van der Waals surface area contributed by atoms with Crippen LogP contribution in [0.3, 0.4) is 0 Å². The number of aromatic nitrogens is 9. The lowest BCUT2D eigenvalue weighted by Crippen LogP contribution is -2.25. The number of pyridine rings is 9. The number of nitrogens with one attached hydrogen (secondary N) is 3. The predicted octanol–water partition coefficient (Wildman–Crippen LogP) is 19.1. The Morgan fingerprint density at radius 1 is 0.553 bits per heavy atom. The summed E-state index contributed by atoms with van der Waals surface area (Å²) in [7, 11) is 0. The summed E-state index contributed by atoms with van der Waals surface area (Å²) in [5.74, 6) is -2.15. The zero-order chi connectivity index (χ0) is 71.3. The average Bonchev–Trinajstić information content (AvgIpc) is 0.909. The monoisotopic (exact) mass is 1440 g/mol. The fraction of sp³-hybridized carbons (Fsp3) is 0.138. The lowest BCUT2D eigenvalue weighted by Gasteiger charge is -2.24. The molecule has 9 aromatic heterocycles. The Labute approximate surface area is 595 Å². The minimum absolute atomic E-state index is 0.0235. The summed E-state index contributed by atoms with van der Waals surface area (Å²) in [6, 6.07) is 47.3. The number of hydrogen-bond donors (Lipinski definition) is 4. The molecule has 103 heavy (non-hydrogen) atoms. The number of β-amino-alcohol motifs (C(OH)–C–C–N with tert-alkyl or cyclic N) is 1. The minimum Gasteiger partial charge on any atom is -0.392 e. The summed E-state index contributed by atoms with van der Waals surface area (Å²) >= 11 is 21.3. The van der Waals surface area contributed by atoms with Crippen LogP contribution < -0.4 is 16.3 Å². The molecule has 15 aromatic rings. The zero-order valence-corrected chi connectivity index (χ0v) is 56.3. The van der Waals surface area contributed by atoms with Gasteiger partial charge in [0.15, 0.2) is 16.3 Å². The molecule has 1 aliphatic rings. The molecular weight excluding hydrogens is 1390 g/mol. The highest BCUT2D eigenvalue weighted by molar-refractivity contribution is 6.36. The molecule has 0 spiro atoms. The Hall–Kier alpha value is -11.0. The maximum atomic E-state index is 15.2. The fourth-order valence-electron chi connectivity index (χ4n) is 14.0. The van der Waals surface area contributed by atoms with Gasteiger partial charge in [0.2, 0.25) is 0 Å². The van der Waals surface area contributed by atoms with Gasteiger partial charge in [-0.15, -0.1) is 0 Å². The molecule has 2 unspecified atom stereocenters. The third-order valence-electron chi connectivity index (χ3n) is 19.0. The van der Waals surface area contributed by atoms with Crippen LogP contribution in [0.15, 0.2) is 209 Å². The largest absolute Gasteiger partial charge is 0.395 e. The van der Waals surface area contributed by atoms with E-state index in [4.69, 9.17) is 59.7 Å². The number of nitrogens with zero attached hydrogens (tertiary/aromatic N) is 7. The number of rotatable bonds is 13. The van der Waals surface area contributed by atoms with Crippen LogP contribution in [-0.4, -0.2) is 86.4 Å². The first-order valence-corrected chi connectivity index (χ1v) is 33.9. The molecule has 4 N–H and O–H groups in total. The minimum atomic E-state index is -4.79. The normalized spacial score (nSPS) is 14.1. The number of likely N-dealkylation sites (tertiary alicyclic amines) is 1. The molecule has 14 nitrogen and oxygen atoms in total. The van der Waals surface area contributed by atoms with Crippen LogP contribution in [0, 0.1) is 0 Å². The summed E-state index contributed by atoms with van der Waals surface area (Å²) in [4.78, 5) is 82.7. The van der Waals surface area contributed by atoms with Gasteiger partial charge in [0.05, 0.1) is 76.9 Å². The van der Waals surface area contributed by atoms with E-state index >= 15 is 13.2 Å². The standard InChI is InChI=1S/C80H53Cl3F6N10O4/c1-40(80(87,88)89)66-67(74(41-8-3-2-4-9-41)98-78-68(66)64(101)16-20-91-78)49-26-51-28-53(36-93-73(51)63(83)31-49)43-11-6-13-45(23-43)70-57(33-59-65(102)32-55(95-77(59)97-70)15-18-79(84,85)86)48-25-50-27-52(35-92-72(50)62(82)30-48)42-10-5-12-44(22-42)69-58(47-24-46-14-7-19-90-71(46)61(81)29-47)34-60-75(103)54(37-94-76(60)96-69)38-99-21-17-56(100)39-99/h2-14,16,19-20,22-37,40,56,100H,15,17-18,21,38-39H2,1H3,(H,91,98,101)(H,94,96,103)(H,95,97,102). The number of fused-ring (bicyclic) bond motifs is 6. The molecule has 10 heterocycles. The second-order valence-electron chi connectivity index (χ2n) is 25.8. The van der Waals surface area contributed by atoms with Gasteiger partial charge in [-0.3, -0.25) is 34.2 Å². The van der Waals surface area contributed by atoms with E-state index in [2.05, 4.69) is 19.9 Å². The number of aryl methyl sites for hydroxylation is 1. The van der Waals surface area contributed by atoms with E-state index in [1.54, 1.807) is 91.5 Å². The molecule has 23 heteroatoms. The second-order valence-corrected chi connectivity index (χ2v) is 27.0. The van der Waals surface area contributed by atoms with Gasteiger partial charge in [-0.1, -0.05) is 108 Å². The van der Waals surface area contributed by atoms with Crippen LogP contribution in [0.4, 0.5) is 26.3 Å². The highest BCUT2D eigenvalue weighted by Crippen LogP contribution is 2.48. The first-order valence-electron chi connectivity index (χ1n) is 32.8. The highest BCUT2D eigenvalue weighted by atomic mass is 35.5. The first-order chi connectivity index (χ1) is 49.5. The molecule has 1 fully saturated rings. The number of alkyl halides is 6. The molecule has 1 saturated heterocycles. The number of aromatic amines is 3. The van der Waals surface area contributed by atoms with Gasteiger partial charge in [0, 0.05) is 141 Å². The number of H-pyrrole nitrogens is 3. The van der Waals surface area contributed by atoms with E-state index in [0.29, 0.717) is 142 Å². The quantitative estimate of drug-likeness (QED) is 0.0801. The summed E-state index contributed by atoms with van der Waals surface area (Å²) < 4.78 is 86.6. The fourth-order valence-corrected chi connectivity index (χ4v) is 14.8. The van der Waals surface area contributed by atoms with Crippen LogP contribution in [-0.2, 0) is 13.0 Å². The van der Waals surface area contributed by atoms with Gasteiger partial charge in [0.25, 0.3) is 0 Å². The molecule has 0 aliphatic carbocycles. The maximum absolute atomic E-state index is 15.2. The topological polar surface area (TPSA) is 199 Å². The first kappa shape index (κ1) is 66.5. The van der Waals surface area contributed by atoms with Gasteiger partial charge in [-0.25, -0.2) is 15.0 Å². The Morgan fingerprint density at radius 2 is 1.13 bits per heavy atom. The van der Waals surface area contributed by atoms with Crippen molar-refractivity contribution in [2.45, 2.75) is 57.1 Å². The van der Waals surface area contributed by atoms with E-state index in [1.807, 2.05) is 83.8 Å². The van der Waals surface area contributed by atoms with Crippen molar-refractivity contribution in [3.8, 4) is 89.4 Å². The summed E-state index contributed by atoms with van der Waals surface area (Å²) in [5.41, 5.74) is 8.35. The van der Waals surface area contributed by atoms with Crippen molar-refractivity contribution in [1.29, 1.82) is 0 Å². The molecule has 0 amide bonds. The number of aliphatic hydroxyl groups excluding tert-OH is 1. The molecule has 2 atom stereocenters. The smallest absolute Gasteiger partial charge is 0.392 e. The van der Waals surface area contributed by atoms with Gasteiger partial charge >= 0.3 is 12.4 Å². The number of halogens is 9. The third kappa shape index (κ3) is 12.7. The molecule has 0 bridgehead atoms. The molecule has 0 saturated carbocycles. The molecule has 0 radical (unpaired) electrons. The van der Waals surface area contributed by atoms with E-state index in [1.165, 1.54) is 12.3 Å². The van der Waals surface area contributed by atoms with Crippen LogP contribution in [0.25, 0.3) is 155 Å². The summed E-state index contributed by atoms with van der Waals surface area (Å²) in [6.45, 7) is 2.47. The lowest BCUT2D eigenvalue weighted by atomic mass is 9.85. The third-order valence-corrected chi connectivity index (χ3v) is 19.9. The van der Waals surface area contributed by atoms with E-state index in [9.17, 15) is 32.7 Å². The van der Waals surface area contributed by atoms with Crippen molar-refractivity contribution < 1.29 is 31.4 Å². The van der Waals surface area contributed by atoms with Gasteiger partial charge in [-0.2, -0.15) is 26.3 Å². The molecule has 510 valence electrons. The average molecular weight is 1440 g/mol. The Bertz CT molecular complexity index is 6210. The summed E-state index contributed by atoms with van der Waals surface area (Å²) in [6.07, 6.45) is -2.88. The zero-order valence-electron chi connectivity index (χ0n) is 54.1. The van der Waals surface area contributed by atoms with Gasteiger partial charge in [0.1, 0.15) is 16.9 Å². The molecule has 6 aromatic carbocycles. The Morgan fingerprint density at radius 3 is 1.76 bits per heavy atom. The molecule has 16 rings (SSSR count). The van der Waals surface area contributed by atoms with Crippen LogP contribution in [0.1, 0.15) is 42.5 Å². The number of hydrogen-bond acceptors (Lipinski definition) is 11. The van der Waals surface area contributed by atoms with Crippen molar-refractivity contribution in [1.82, 2.24) is 49.8 Å². The Kier molecular flexibility index (Phi) is 16.9. The SMILES string of the molecule is CC(c1c(-c2cc(Cl)c3ncc(-c4cccc(-c5nc6[nH]c(CCC(F)(F)F)cc(=O)c6cc5-c5cc(Cl)c6ncc(-c7cccc(-c8nc9[nH]cc(CN%10CCC(O)C%10)c(=O)c9cc8-c8cc(Cl)c9ncccc9c8)c7)cc6c5)c4)cc3c2)c(-c2ccccc2)nc2[nH]ccc(=O)c12)C(F)(F)F. The van der Waals surface area contributed by atoms with Crippen LogP contribution in [0.5, 0.6) is 0 Å². The van der Waals surface area contributed by atoms with Crippen LogP contribution >= 0.6 is 34.8 Å². The van der Waals surface area contributed by atoms with Gasteiger partial charge < -0.3 is 20.1 Å². The number of aliphatic hydroxyl groups is 1. The van der Waals surface area contributed by atoms with Crippen molar-refractivity contribution in [3.63, 3.8) is 0 Å². The number of benzene rings is 6. The van der Waals surface area contributed by atoms with E-state index in [0.717, 1.165) is 30.0 Å². The van der Waals surface area contributed by atoms with Crippen molar-refractivity contribution in [3.05, 3.63) is 257 Å². The van der Waals surface area contributed by atoms with Gasteiger partial charge in [-0.05, 0) is 132 Å². The Balaban J connectivity index is 0.815. The maximum Gasteiger partial charge on any atom is 0.395 e. The molecular formula is C80H53Cl3F6N10O4. The van der Waals surface area contributed by atoms with E-state index < -0.39 is 48.1 Å². The second kappa shape index (κ2) is 26.1. The van der Waals surface area contributed by atoms with Crippen LogP contribution in [0.2, 0.25) is 15.1 Å². The highest BCUT2D eigenvalue weighted by Gasteiger charge is 2.41. The molecule has 1 aliphatic heterocycles. The summed E-state index contributed by atoms with van der Waals surface area (Å²) in [5, 5.41) is 13.1.